The van der Waals surface area contributed by atoms with Crippen molar-refractivity contribution in [1.29, 1.82) is 5.26 Å². The Morgan fingerprint density at radius 1 is 1.39 bits per heavy atom. The van der Waals surface area contributed by atoms with E-state index in [0.717, 1.165) is 0 Å². The summed E-state index contributed by atoms with van der Waals surface area (Å²) in [6.07, 6.45) is -2.33. The Morgan fingerprint density at radius 2 is 2.13 bits per heavy atom. The molecule has 1 atom stereocenters. The number of carbonyl (C=O) groups excluding carboxylic acids is 1. The summed E-state index contributed by atoms with van der Waals surface area (Å²) < 4.78 is 36.6. The predicted molar refractivity (Wildman–Crippen MR) is 109 cm³/mol. The summed E-state index contributed by atoms with van der Waals surface area (Å²) in [5.41, 5.74) is 5.94. The second-order valence-electron chi connectivity index (χ2n) is 6.76. The van der Waals surface area contributed by atoms with E-state index in [2.05, 4.69) is 4.98 Å². The van der Waals surface area contributed by atoms with Gasteiger partial charge in [0.25, 0.3) is 11.6 Å². The normalized spacial score (nSPS) is 11.7. The van der Waals surface area contributed by atoms with Crippen LogP contribution in [0, 0.1) is 18.3 Å². The van der Waals surface area contributed by atoms with Crippen molar-refractivity contribution in [1.82, 2.24) is 9.55 Å². The van der Waals surface area contributed by atoms with E-state index in [9.17, 15) is 23.6 Å². The summed E-state index contributed by atoms with van der Waals surface area (Å²) in [5, 5.41) is 11.3. The minimum atomic E-state index is -1.94. The highest BCUT2D eigenvalue weighted by Gasteiger charge is 2.18. The van der Waals surface area contributed by atoms with Crippen LogP contribution in [0.1, 0.15) is 17.7 Å². The van der Waals surface area contributed by atoms with Crippen LogP contribution in [0.2, 0.25) is 0 Å². The Kier molecular flexibility index (Phi) is 6.15. The lowest BCUT2D eigenvalue weighted by Crippen LogP contribution is -2.28. The van der Waals surface area contributed by atoms with Gasteiger partial charge in [-0.15, -0.1) is 0 Å². The van der Waals surface area contributed by atoms with Crippen molar-refractivity contribution in [2.24, 2.45) is 12.8 Å². The third-order valence-electron chi connectivity index (χ3n) is 4.77. The molecule has 2 N–H and O–H groups in total. The Bertz CT molecular complexity index is 1310. The molecule has 0 radical (unpaired) electrons. The first-order valence-electron chi connectivity index (χ1n) is 9.15. The number of hydrogen-bond acceptors (Lipinski definition) is 6. The summed E-state index contributed by atoms with van der Waals surface area (Å²) in [7, 11) is 1.58. The Labute approximate surface area is 175 Å². The summed E-state index contributed by atoms with van der Waals surface area (Å²) in [4.78, 5) is 28.0. The molecule has 0 aliphatic heterocycles. The van der Waals surface area contributed by atoms with Gasteiger partial charge in [-0.2, -0.15) is 14.0 Å². The number of nitrogens with two attached hydrogens (primary N) is 1. The number of carbonyl (C=O) groups is 1. The maximum absolute atomic E-state index is 12.8. The number of aryl methyl sites for hydroxylation is 2. The lowest BCUT2D eigenvalue weighted by atomic mass is 10.0. The molecule has 10 heteroatoms. The van der Waals surface area contributed by atoms with Gasteiger partial charge in [-0.05, 0) is 30.5 Å². The van der Waals surface area contributed by atoms with Crippen molar-refractivity contribution < 1.29 is 23.0 Å². The van der Waals surface area contributed by atoms with Crippen LogP contribution < -0.4 is 16.0 Å². The van der Waals surface area contributed by atoms with Crippen LogP contribution in [0.15, 0.2) is 41.3 Å². The monoisotopic (exact) mass is 428 g/mol. The van der Waals surface area contributed by atoms with Crippen LogP contribution in [0.4, 0.5) is 13.6 Å². The molecule has 0 aliphatic carbocycles. The number of primary amides is 1. The van der Waals surface area contributed by atoms with Crippen LogP contribution in [-0.2, 0) is 11.8 Å². The number of ether oxygens (including phenoxy) is 2. The molecule has 0 saturated heterocycles. The van der Waals surface area contributed by atoms with E-state index in [1.165, 1.54) is 10.6 Å². The molecule has 2 heterocycles. The molecule has 0 aliphatic rings. The first-order chi connectivity index (χ1) is 14.7. The number of aromatic nitrogens is 2. The van der Waals surface area contributed by atoms with E-state index in [4.69, 9.17) is 15.2 Å². The maximum Gasteiger partial charge on any atom is 0.404 e. The van der Waals surface area contributed by atoms with Crippen LogP contribution in [-0.4, -0.2) is 28.4 Å². The average Bonchev–Trinajstić information content (AvgIpc) is 2.72. The van der Waals surface area contributed by atoms with Gasteiger partial charge in [-0.1, -0.05) is 0 Å². The standard InChI is InChI=1S/C21H18F2N4O4/c1-11-19-14(5-6-26-11)15-7-12(9-24)17(8-16(15)27(2)20(19)28)30-10-13(31-21(25)29)3-4-18(22)23/h4-8,13H,3,10H2,1-2H3,(H2,25,29). The van der Waals surface area contributed by atoms with Gasteiger partial charge in [0.15, 0.2) is 0 Å². The molecule has 3 aromatic rings. The second-order valence-corrected chi connectivity index (χ2v) is 6.76. The third kappa shape index (κ3) is 4.45. The largest absolute Gasteiger partial charge is 0.488 e. The number of halogens is 2. The molecule has 3 rings (SSSR count). The van der Waals surface area contributed by atoms with E-state index in [1.54, 1.807) is 32.3 Å². The maximum atomic E-state index is 12.8. The van der Waals surface area contributed by atoms with Crippen molar-refractivity contribution in [3.05, 3.63) is 58.2 Å². The molecular weight excluding hydrogens is 410 g/mol. The quantitative estimate of drug-likeness (QED) is 0.602. The minimum absolute atomic E-state index is 0.109. The summed E-state index contributed by atoms with van der Waals surface area (Å²) in [6.45, 7) is 1.41. The van der Waals surface area contributed by atoms with E-state index < -0.39 is 18.3 Å². The Hall–Kier alpha value is -4.00. The first kappa shape index (κ1) is 21.7. The molecule has 0 saturated carbocycles. The second kappa shape index (κ2) is 8.79. The summed E-state index contributed by atoms with van der Waals surface area (Å²) in [5.74, 6) is 0.109. The zero-order chi connectivity index (χ0) is 22.7. The Morgan fingerprint density at radius 3 is 2.77 bits per heavy atom. The van der Waals surface area contributed by atoms with Gasteiger partial charge in [-0.25, -0.2) is 4.79 Å². The van der Waals surface area contributed by atoms with Crippen LogP contribution in [0.3, 0.4) is 0 Å². The molecule has 1 aromatic carbocycles. The number of pyridine rings is 2. The van der Waals surface area contributed by atoms with Gasteiger partial charge in [0.1, 0.15) is 24.5 Å². The van der Waals surface area contributed by atoms with Crippen molar-refractivity contribution in [3.63, 3.8) is 0 Å². The lowest BCUT2D eigenvalue weighted by Gasteiger charge is -2.18. The fourth-order valence-corrected chi connectivity index (χ4v) is 3.32. The van der Waals surface area contributed by atoms with Gasteiger partial charge >= 0.3 is 6.09 Å². The third-order valence-corrected chi connectivity index (χ3v) is 4.77. The van der Waals surface area contributed by atoms with E-state index >= 15 is 0 Å². The number of hydrogen-bond donors (Lipinski definition) is 1. The van der Waals surface area contributed by atoms with Crippen molar-refractivity contribution in [2.45, 2.75) is 19.4 Å². The van der Waals surface area contributed by atoms with Gasteiger partial charge in [0.05, 0.1) is 22.2 Å². The smallest absolute Gasteiger partial charge is 0.404 e. The number of amides is 1. The number of nitrogens with zero attached hydrogens (tertiary/aromatic N) is 3. The predicted octanol–water partition coefficient (Wildman–Crippen LogP) is 3.28. The summed E-state index contributed by atoms with van der Waals surface area (Å²) in [6, 6.07) is 6.81. The zero-order valence-electron chi connectivity index (χ0n) is 16.7. The topological polar surface area (TPSA) is 120 Å². The fourth-order valence-electron chi connectivity index (χ4n) is 3.32. The molecular formula is C21H18F2N4O4. The number of rotatable bonds is 6. The van der Waals surface area contributed by atoms with E-state index in [1.807, 2.05) is 6.07 Å². The molecule has 0 fully saturated rings. The average molecular weight is 428 g/mol. The highest BCUT2D eigenvalue weighted by atomic mass is 19.3. The molecule has 1 unspecified atom stereocenters. The number of nitriles is 1. The zero-order valence-corrected chi connectivity index (χ0v) is 16.7. The fraction of sp³-hybridized carbons (Fsp3) is 0.238. The number of benzene rings is 1. The van der Waals surface area contributed by atoms with E-state index in [-0.39, 0.29) is 29.9 Å². The minimum Gasteiger partial charge on any atom is -0.488 e. The summed E-state index contributed by atoms with van der Waals surface area (Å²) >= 11 is 0. The lowest BCUT2D eigenvalue weighted by molar-refractivity contribution is 0.0726. The van der Waals surface area contributed by atoms with Crippen LogP contribution in [0.25, 0.3) is 21.7 Å². The highest BCUT2D eigenvalue weighted by Crippen LogP contribution is 2.30. The van der Waals surface area contributed by atoms with E-state index in [0.29, 0.717) is 33.4 Å². The van der Waals surface area contributed by atoms with Crippen molar-refractivity contribution >= 4 is 27.8 Å². The molecule has 0 bridgehead atoms. The van der Waals surface area contributed by atoms with Crippen LogP contribution >= 0.6 is 0 Å². The molecule has 2 aromatic heterocycles. The molecule has 31 heavy (non-hydrogen) atoms. The molecule has 160 valence electrons. The molecule has 8 nitrogen and oxygen atoms in total. The number of fused-ring (bicyclic) bond motifs is 3. The van der Waals surface area contributed by atoms with Crippen molar-refractivity contribution in [2.75, 3.05) is 6.61 Å². The SMILES string of the molecule is Cc1nccc2c1c(=O)n(C)c1cc(OCC(CC=C(F)F)OC(N)=O)c(C#N)cc21. The van der Waals surface area contributed by atoms with Gasteiger partial charge < -0.3 is 19.8 Å². The van der Waals surface area contributed by atoms with Gasteiger partial charge in [0.2, 0.25) is 0 Å². The first-order valence-corrected chi connectivity index (χ1v) is 9.15. The van der Waals surface area contributed by atoms with Crippen molar-refractivity contribution in [3.8, 4) is 11.8 Å². The Balaban J connectivity index is 2.07. The molecule has 1 amide bonds. The van der Waals surface area contributed by atoms with Gasteiger partial charge in [-0.3, -0.25) is 9.78 Å². The van der Waals surface area contributed by atoms with Gasteiger partial charge in [0, 0.05) is 31.1 Å². The molecule has 0 spiro atoms. The highest BCUT2D eigenvalue weighted by molar-refractivity contribution is 6.07. The van der Waals surface area contributed by atoms with Crippen LogP contribution in [0.5, 0.6) is 5.75 Å².